The first kappa shape index (κ1) is 13.4. The van der Waals surface area contributed by atoms with E-state index in [4.69, 9.17) is 0 Å². The van der Waals surface area contributed by atoms with Crippen LogP contribution in [0.25, 0.3) is 0 Å². The van der Waals surface area contributed by atoms with E-state index in [1.807, 2.05) is 0 Å². The predicted molar refractivity (Wildman–Crippen MR) is 79.3 cm³/mol. The number of rotatable bonds is 5. The summed E-state index contributed by atoms with van der Waals surface area (Å²) in [5.41, 5.74) is 2.97. The fourth-order valence-corrected chi connectivity index (χ4v) is 2.95. The third-order valence-corrected chi connectivity index (χ3v) is 4.13. The number of para-hydroxylation sites is 1. The summed E-state index contributed by atoms with van der Waals surface area (Å²) in [5, 5.41) is 3.46. The maximum Gasteiger partial charge on any atom is 0.0401 e. The summed E-state index contributed by atoms with van der Waals surface area (Å²) >= 11 is 0. The summed E-state index contributed by atoms with van der Waals surface area (Å²) in [4.78, 5) is 2.59. The Morgan fingerprint density at radius 1 is 1.39 bits per heavy atom. The molecule has 1 aromatic rings. The van der Waals surface area contributed by atoms with Gasteiger partial charge in [0.1, 0.15) is 0 Å². The van der Waals surface area contributed by atoms with E-state index in [2.05, 4.69) is 55.4 Å². The Kier molecular flexibility index (Phi) is 4.65. The summed E-state index contributed by atoms with van der Waals surface area (Å²) in [5.74, 6) is 0. The minimum Gasteiger partial charge on any atom is -0.367 e. The lowest BCUT2D eigenvalue weighted by Crippen LogP contribution is -2.45. The summed E-state index contributed by atoms with van der Waals surface area (Å²) in [7, 11) is 2.08. The fourth-order valence-electron chi connectivity index (χ4n) is 2.95. The average molecular weight is 246 g/mol. The van der Waals surface area contributed by atoms with Crippen molar-refractivity contribution in [2.24, 2.45) is 0 Å². The van der Waals surface area contributed by atoms with Crippen molar-refractivity contribution >= 4 is 5.69 Å². The van der Waals surface area contributed by atoms with Gasteiger partial charge in [-0.1, -0.05) is 31.5 Å². The van der Waals surface area contributed by atoms with Gasteiger partial charge < -0.3 is 10.2 Å². The molecular weight excluding hydrogens is 220 g/mol. The van der Waals surface area contributed by atoms with Gasteiger partial charge in [0.25, 0.3) is 0 Å². The zero-order valence-corrected chi connectivity index (χ0v) is 11.9. The van der Waals surface area contributed by atoms with Crippen LogP contribution in [0.1, 0.15) is 38.7 Å². The number of benzene rings is 1. The summed E-state index contributed by atoms with van der Waals surface area (Å²) in [6.45, 7) is 5.75. The van der Waals surface area contributed by atoms with Crippen LogP contribution in [-0.4, -0.2) is 25.7 Å². The molecule has 0 spiro atoms. The molecule has 18 heavy (non-hydrogen) atoms. The Hall–Kier alpha value is -1.02. The van der Waals surface area contributed by atoms with Crippen LogP contribution < -0.4 is 10.2 Å². The molecule has 1 aliphatic heterocycles. The molecule has 100 valence electrons. The van der Waals surface area contributed by atoms with Crippen LogP contribution in [-0.2, 0) is 6.42 Å². The van der Waals surface area contributed by atoms with Crippen LogP contribution in [0.4, 0.5) is 5.69 Å². The van der Waals surface area contributed by atoms with Crippen molar-refractivity contribution < 1.29 is 0 Å². The Bertz CT molecular complexity index is 375. The van der Waals surface area contributed by atoms with Gasteiger partial charge in [0.15, 0.2) is 0 Å². The number of fused-ring (bicyclic) bond motifs is 1. The maximum absolute atomic E-state index is 3.46. The van der Waals surface area contributed by atoms with Crippen molar-refractivity contribution in [1.29, 1.82) is 0 Å². The molecule has 0 amide bonds. The second-order valence-corrected chi connectivity index (χ2v) is 5.44. The molecule has 0 aliphatic carbocycles. The van der Waals surface area contributed by atoms with E-state index < -0.39 is 0 Å². The number of aryl methyl sites for hydroxylation is 1. The maximum atomic E-state index is 3.46. The van der Waals surface area contributed by atoms with Gasteiger partial charge in [0, 0.05) is 24.3 Å². The van der Waals surface area contributed by atoms with Gasteiger partial charge in [0.2, 0.25) is 0 Å². The molecule has 2 unspecified atom stereocenters. The number of nitrogens with one attached hydrogen (secondary N) is 1. The first-order valence-electron chi connectivity index (χ1n) is 7.28. The SMILES string of the molecule is CCCC(CN1c2ccccc2CCC1C)NC. The molecule has 0 saturated heterocycles. The fraction of sp³-hybridized carbons (Fsp3) is 0.625. The van der Waals surface area contributed by atoms with Gasteiger partial charge in [-0.3, -0.25) is 0 Å². The van der Waals surface area contributed by atoms with Crippen molar-refractivity contribution in [2.75, 3.05) is 18.5 Å². The van der Waals surface area contributed by atoms with Crippen molar-refractivity contribution in [3.63, 3.8) is 0 Å². The third-order valence-electron chi connectivity index (χ3n) is 4.13. The van der Waals surface area contributed by atoms with Crippen molar-refractivity contribution in [1.82, 2.24) is 5.32 Å². The molecular formula is C16H26N2. The molecule has 1 aromatic carbocycles. The van der Waals surface area contributed by atoms with E-state index in [0.29, 0.717) is 12.1 Å². The zero-order valence-electron chi connectivity index (χ0n) is 11.9. The van der Waals surface area contributed by atoms with Gasteiger partial charge in [-0.25, -0.2) is 0 Å². The lowest BCUT2D eigenvalue weighted by molar-refractivity contribution is 0.465. The molecule has 2 heteroatoms. The van der Waals surface area contributed by atoms with Gasteiger partial charge in [-0.05, 0) is 44.9 Å². The third kappa shape index (κ3) is 2.86. The van der Waals surface area contributed by atoms with Crippen molar-refractivity contribution in [2.45, 2.75) is 51.6 Å². The number of hydrogen-bond donors (Lipinski definition) is 1. The van der Waals surface area contributed by atoms with Gasteiger partial charge in [-0.2, -0.15) is 0 Å². The quantitative estimate of drug-likeness (QED) is 0.858. The highest BCUT2D eigenvalue weighted by molar-refractivity contribution is 5.56. The highest BCUT2D eigenvalue weighted by Crippen LogP contribution is 2.30. The van der Waals surface area contributed by atoms with Crippen LogP contribution in [0.2, 0.25) is 0 Å². The standard InChI is InChI=1S/C16H26N2/c1-4-7-15(17-3)12-18-13(2)10-11-14-8-5-6-9-16(14)18/h5-6,8-9,13,15,17H,4,7,10-12H2,1-3H3. The summed E-state index contributed by atoms with van der Waals surface area (Å²) < 4.78 is 0. The van der Waals surface area contributed by atoms with Crippen LogP contribution in [0.15, 0.2) is 24.3 Å². The lowest BCUT2D eigenvalue weighted by Gasteiger charge is -2.39. The molecule has 0 aromatic heterocycles. The van der Waals surface area contributed by atoms with Crippen molar-refractivity contribution in [3.8, 4) is 0 Å². The molecule has 1 aliphatic rings. The van der Waals surface area contributed by atoms with Gasteiger partial charge in [-0.15, -0.1) is 0 Å². The minimum absolute atomic E-state index is 0.601. The van der Waals surface area contributed by atoms with Crippen LogP contribution >= 0.6 is 0 Å². The van der Waals surface area contributed by atoms with Crippen LogP contribution in [0, 0.1) is 0 Å². The zero-order chi connectivity index (χ0) is 13.0. The topological polar surface area (TPSA) is 15.3 Å². The van der Waals surface area contributed by atoms with Gasteiger partial charge in [0.05, 0.1) is 0 Å². The van der Waals surface area contributed by atoms with E-state index in [0.717, 1.165) is 6.54 Å². The van der Waals surface area contributed by atoms with E-state index in [9.17, 15) is 0 Å². The van der Waals surface area contributed by atoms with Gasteiger partial charge >= 0.3 is 0 Å². The molecule has 0 fully saturated rings. The number of anilines is 1. The molecule has 0 radical (unpaired) electrons. The van der Waals surface area contributed by atoms with E-state index in [-0.39, 0.29) is 0 Å². The monoisotopic (exact) mass is 246 g/mol. The average Bonchev–Trinajstić information content (AvgIpc) is 2.41. The minimum atomic E-state index is 0.601. The highest BCUT2D eigenvalue weighted by Gasteiger charge is 2.24. The predicted octanol–water partition coefficient (Wildman–Crippen LogP) is 3.22. The first-order valence-corrected chi connectivity index (χ1v) is 7.28. The second kappa shape index (κ2) is 6.24. The Morgan fingerprint density at radius 3 is 2.89 bits per heavy atom. The normalized spacial score (nSPS) is 20.6. The Labute approximate surface area is 111 Å². The molecule has 2 nitrogen and oxygen atoms in total. The highest BCUT2D eigenvalue weighted by atomic mass is 15.2. The van der Waals surface area contributed by atoms with Crippen LogP contribution in [0.5, 0.6) is 0 Å². The lowest BCUT2D eigenvalue weighted by atomic mass is 9.95. The molecule has 2 rings (SSSR count). The summed E-state index contributed by atoms with van der Waals surface area (Å²) in [6, 6.07) is 10.1. The van der Waals surface area contributed by atoms with E-state index in [1.165, 1.54) is 36.9 Å². The molecule has 0 bridgehead atoms. The Balaban J connectivity index is 2.15. The van der Waals surface area contributed by atoms with E-state index >= 15 is 0 Å². The second-order valence-electron chi connectivity index (χ2n) is 5.44. The molecule has 1 heterocycles. The number of nitrogens with zero attached hydrogens (tertiary/aromatic N) is 1. The van der Waals surface area contributed by atoms with Crippen LogP contribution in [0.3, 0.4) is 0 Å². The molecule has 1 N–H and O–H groups in total. The molecule has 0 saturated carbocycles. The van der Waals surface area contributed by atoms with E-state index in [1.54, 1.807) is 0 Å². The molecule has 2 atom stereocenters. The first-order chi connectivity index (χ1) is 8.76. The number of likely N-dealkylation sites (N-methyl/N-ethyl adjacent to an activating group) is 1. The largest absolute Gasteiger partial charge is 0.367 e. The smallest absolute Gasteiger partial charge is 0.0401 e. The Morgan fingerprint density at radius 2 is 2.17 bits per heavy atom. The summed E-state index contributed by atoms with van der Waals surface area (Å²) in [6.07, 6.45) is 5.00. The van der Waals surface area contributed by atoms with Crippen molar-refractivity contribution in [3.05, 3.63) is 29.8 Å². The number of hydrogen-bond acceptors (Lipinski definition) is 2.